The van der Waals surface area contributed by atoms with Crippen molar-refractivity contribution >= 4 is 35.8 Å². The van der Waals surface area contributed by atoms with E-state index in [0.717, 1.165) is 51.3 Å². The van der Waals surface area contributed by atoms with E-state index in [9.17, 15) is 4.79 Å². The van der Waals surface area contributed by atoms with Crippen LogP contribution in [0.4, 0.5) is 0 Å². The fourth-order valence-corrected chi connectivity index (χ4v) is 3.47. The lowest BCUT2D eigenvalue weighted by molar-refractivity contribution is -0.129. The van der Waals surface area contributed by atoms with Gasteiger partial charge in [0.2, 0.25) is 5.91 Å². The molecule has 1 aliphatic rings. The van der Waals surface area contributed by atoms with Crippen molar-refractivity contribution in [1.82, 2.24) is 15.5 Å². The van der Waals surface area contributed by atoms with Crippen molar-refractivity contribution in [1.29, 1.82) is 0 Å². The normalized spacial score (nSPS) is 15.6. The van der Waals surface area contributed by atoms with Crippen LogP contribution in [0.25, 0.3) is 0 Å². The van der Waals surface area contributed by atoms with Gasteiger partial charge in [0.05, 0.1) is 0 Å². The predicted octanol–water partition coefficient (Wildman–Crippen LogP) is 3.32. The predicted molar refractivity (Wildman–Crippen MR) is 119 cm³/mol. The number of carbonyl (C=O) groups excluding carboxylic acids is 1. The summed E-state index contributed by atoms with van der Waals surface area (Å²) in [6, 6.07) is 8.82. The first-order valence-corrected chi connectivity index (χ1v) is 9.50. The fraction of sp³-hybridized carbons (Fsp3) is 0.600. The van der Waals surface area contributed by atoms with Gasteiger partial charge in [0.25, 0.3) is 0 Å². The molecular formula is C20H33IN4O. The number of carbonyl (C=O) groups is 1. The molecule has 0 radical (unpaired) electrons. The van der Waals surface area contributed by atoms with Gasteiger partial charge in [0, 0.05) is 39.1 Å². The Bertz CT molecular complexity index is 591. The van der Waals surface area contributed by atoms with Gasteiger partial charge in [-0.1, -0.05) is 38.1 Å². The van der Waals surface area contributed by atoms with Crippen LogP contribution < -0.4 is 10.6 Å². The van der Waals surface area contributed by atoms with Crippen LogP contribution in [-0.2, 0) is 17.8 Å². The maximum atomic E-state index is 11.9. The van der Waals surface area contributed by atoms with E-state index in [4.69, 9.17) is 0 Å². The zero-order chi connectivity index (χ0) is 18.1. The molecule has 6 heteroatoms. The lowest BCUT2D eigenvalue weighted by atomic mass is 10.1. The summed E-state index contributed by atoms with van der Waals surface area (Å²) in [5.74, 6) is 1.12. The Hall–Kier alpha value is -1.31. The molecule has 2 rings (SSSR count). The van der Waals surface area contributed by atoms with Gasteiger partial charge >= 0.3 is 0 Å². The van der Waals surface area contributed by atoms with E-state index >= 15 is 0 Å². The van der Waals surface area contributed by atoms with Gasteiger partial charge in [-0.3, -0.25) is 9.79 Å². The Morgan fingerprint density at radius 1 is 1.23 bits per heavy atom. The van der Waals surface area contributed by atoms with Crippen LogP contribution in [0.1, 0.15) is 50.7 Å². The number of nitrogens with zero attached hydrogens (tertiary/aromatic N) is 2. The zero-order valence-corrected chi connectivity index (χ0v) is 18.6. The second-order valence-corrected chi connectivity index (χ2v) is 6.52. The van der Waals surface area contributed by atoms with Crippen LogP contribution in [0.5, 0.6) is 0 Å². The summed E-state index contributed by atoms with van der Waals surface area (Å²) in [6.45, 7) is 6.84. The smallest absolute Gasteiger partial charge is 0.222 e. The van der Waals surface area contributed by atoms with E-state index in [1.54, 1.807) is 7.05 Å². The van der Waals surface area contributed by atoms with Gasteiger partial charge in [0.1, 0.15) is 0 Å². The van der Waals surface area contributed by atoms with Gasteiger partial charge < -0.3 is 15.5 Å². The summed E-state index contributed by atoms with van der Waals surface area (Å²) in [4.78, 5) is 18.3. The van der Waals surface area contributed by atoms with E-state index in [0.29, 0.717) is 18.4 Å². The van der Waals surface area contributed by atoms with Crippen LogP contribution >= 0.6 is 24.0 Å². The number of aryl methyl sites for hydroxylation is 1. The summed E-state index contributed by atoms with van der Waals surface area (Å²) in [5, 5.41) is 6.77. The number of benzene rings is 1. The highest BCUT2D eigenvalue weighted by Crippen LogP contribution is 2.17. The molecule has 0 aromatic heterocycles. The van der Waals surface area contributed by atoms with Crippen molar-refractivity contribution in [2.75, 3.05) is 20.1 Å². The van der Waals surface area contributed by atoms with Crippen LogP contribution in [-0.4, -0.2) is 42.9 Å². The third-order valence-corrected chi connectivity index (χ3v) is 4.96. The Labute approximate surface area is 175 Å². The molecular weight excluding hydrogens is 439 g/mol. The summed E-state index contributed by atoms with van der Waals surface area (Å²) >= 11 is 0. The SMILES string of the molecule is CCc1ccccc1CNC(=NC)NCCC(CC)N1CCCC1=O.I. The Morgan fingerprint density at radius 3 is 2.54 bits per heavy atom. The molecule has 5 nitrogen and oxygen atoms in total. The Morgan fingerprint density at radius 2 is 1.96 bits per heavy atom. The van der Waals surface area contributed by atoms with Crippen molar-refractivity contribution in [2.45, 2.75) is 58.5 Å². The van der Waals surface area contributed by atoms with Gasteiger partial charge in [-0.2, -0.15) is 0 Å². The molecule has 0 bridgehead atoms. The van der Waals surface area contributed by atoms with E-state index in [-0.39, 0.29) is 24.0 Å². The topological polar surface area (TPSA) is 56.7 Å². The molecule has 1 heterocycles. The Balaban J connectivity index is 0.00000338. The molecule has 1 aromatic carbocycles. The molecule has 1 atom stereocenters. The summed E-state index contributed by atoms with van der Waals surface area (Å²) < 4.78 is 0. The minimum atomic E-state index is 0. The third kappa shape index (κ3) is 6.45. The molecule has 2 N–H and O–H groups in total. The maximum absolute atomic E-state index is 11.9. The molecule has 1 aliphatic heterocycles. The lowest BCUT2D eigenvalue weighted by Gasteiger charge is -2.27. The number of rotatable bonds is 8. The van der Waals surface area contributed by atoms with Crippen molar-refractivity contribution in [3.05, 3.63) is 35.4 Å². The Kier molecular flexibility index (Phi) is 10.6. The maximum Gasteiger partial charge on any atom is 0.222 e. The molecule has 26 heavy (non-hydrogen) atoms. The first-order valence-electron chi connectivity index (χ1n) is 9.50. The van der Waals surface area contributed by atoms with Crippen LogP contribution in [0.15, 0.2) is 29.3 Å². The number of nitrogens with one attached hydrogen (secondary N) is 2. The number of aliphatic imine (C=N–C) groups is 1. The van der Waals surface area contributed by atoms with E-state index in [1.807, 2.05) is 0 Å². The van der Waals surface area contributed by atoms with Crippen molar-refractivity contribution < 1.29 is 4.79 Å². The highest BCUT2D eigenvalue weighted by molar-refractivity contribution is 14.0. The van der Waals surface area contributed by atoms with Crippen LogP contribution in [0.2, 0.25) is 0 Å². The van der Waals surface area contributed by atoms with Gasteiger partial charge in [-0.05, 0) is 36.8 Å². The summed E-state index contributed by atoms with van der Waals surface area (Å²) in [6.07, 6.45) is 4.70. The summed E-state index contributed by atoms with van der Waals surface area (Å²) in [7, 11) is 1.79. The van der Waals surface area contributed by atoms with Gasteiger partial charge in [0.15, 0.2) is 5.96 Å². The molecule has 0 spiro atoms. The number of hydrogen-bond acceptors (Lipinski definition) is 2. The molecule has 1 saturated heterocycles. The van der Waals surface area contributed by atoms with Crippen LogP contribution in [0, 0.1) is 0 Å². The number of halogens is 1. The third-order valence-electron chi connectivity index (χ3n) is 4.96. The van der Waals surface area contributed by atoms with Crippen molar-refractivity contribution in [3.8, 4) is 0 Å². The first kappa shape index (κ1) is 22.7. The fourth-order valence-electron chi connectivity index (χ4n) is 3.47. The second kappa shape index (κ2) is 12.1. The molecule has 0 aliphatic carbocycles. The number of guanidine groups is 1. The van der Waals surface area contributed by atoms with Crippen molar-refractivity contribution in [3.63, 3.8) is 0 Å². The second-order valence-electron chi connectivity index (χ2n) is 6.52. The van der Waals surface area contributed by atoms with Gasteiger partial charge in [-0.15, -0.1) is 24.0 Å². The lowest BCUT2D eigenvalue weighted by Crippen LogP contribution is -2.41. The zero-order valence-electron chi connectivity index (χ0n) is 16.3. The van der Waals surface area contributed by atoms with Crippen molar-refractivity contribution in [2.24, 2.45) is 4.99 Å². The van der Waals surface area contributed by atoms with E-state index in [2.05, 4.69) is 58.6 Å². The number of amides is 1. The van der Waals surface area contributed by atoms with E-state index < -0.39 is 0 Å². The average Bonchev–Trinajstić information content (AvgIpc) is 3.07. The minimum Gasteiger partial charge on any atom is -0.356 e. The van der Waals surface area contributed by atoms with E-state index in [1.165, 1.54) is 11.1 Å². The average molecular weight is 472 g/mol. The molecule has 1 unspecified atom stereocenters. The largest absolute Gasteiger partial charge is 0.356 e. The van der Waals surface area contributed by atoms with Gasteiger partial charge in [-0.25, -0.2) is 0 Å². The number of hydrogen-bond donors (Lipinski definition) is 2. The molecule has 0 saturated carbocycles. The standard InChI is InChI=1S/C20H32N4O.HI/c1-4-16-9-6-7-10-17(16)15-23-20(21-3)22-13-12-18(5-2)24-14-8-11-19(24)25;/h6-7,9-10,18H,4-5,8,11-15H2,1-3H3,(H2,21,22,23);1H. The monoisotopic (exact) mass is 472 g/mol. The molecule has 1 amide bonds. The van der Waals surface area contributed by atoms with Crippen LogP contribution in [0.3, 0.4) is 0 Å². The number of likely N-dealkylation sites (tertiary alicyclic amines) is 1. The molecule has 1 aromatic rings. The molecule has 1 fully saturated rings. The highest BCUT2D eigenvalue weighted by Gasteiger charge is 2.26. The molecule has 146 valence electrons. The highest BCUT2D eigenvalue weighted by atomic mass is 127. The first-order chi connectivity index (χ1) is 12.2. The quantitative estimate of drug-likeness (QED) is 0.347. The summed E-state index contributed by atoms with van der Waals surface area (Å²) in [5.41, 5.74) is 2.67. The minimum absolute atomic E-state index is 0.